The van der Waals surface area contributed by atoms with Gasteiger partial charge in [0.1, 0.15) is 6.04 Å². The summed E-state index contributed by atoms with van der Waals surface area (Å²) in [7, 11) is 0. The summed E-state index contributed by atoms with van der Waals surface area (Å²) >= 11 is 12.1. The summed E-state index contributed by atoms with van der Waals surface area (Å²) in [6, 6.07) is 14.1. The van der Waals surface area contributed by atoms with Gasteiger partial charge in [0.2, 0.25) is 5.91 Å². The van der Waals surface area contributed by atoms with Crippen molar-refractivity contribution in [3.8, 4) is 0 Å². The van der Waals surface area contributed by atoms with Crippen LogP contribution in [0.15, 0.2) is 48.5 Å². The molecule has 1 fully saturated rings. The lowest BCUT2D eigenvalue weighted by Gasteiger charge is -2.40. The molecule has 1 unspecified atom stereocenters. The standard InChI is InChI=1S/C20H20Cl2N2O3/c1-13(20(26)27)24-11-10-23(12-18(24)25)19(14-2-6-16(21)7-3-14)15-4-8-17(22)9-5-15/h2-9,13,19H,10-12H2,1H3,(H,26,27). The number of halogens is 2. The summed E-state index contributed by atoms with van der Waals surface area (Å²) in [5.74, 6) is -1.19. The quantitative estimate of drug-likeness (QED) is 0.821. The number of carbonyl (C=O) groups excluding carboxylic acids is 1. The molecule has 0 spiro atoms. The summed E-state index contributed by atoms with van der Waals surface area (Å²) in [6.07, 6.45) is 0. The summed E-state index contributed by atoms with van der Waals surface area (Å²) in [6.45, 7) is 2.61. The Hall–Kier alpha value is -2.08. The van der Waals surface area contributed by atoms with Crippen LogP contribution in [0.3, 0.4) is 0 Å². The van der Waals surface area contributed by atoms with E-state index in [0.717, 1.165) is 11.1 Å². The summed E-state index contributed by atoms with van der Waals surface area (Å²) < 4.78 is 0. The van der Waals surface area contributed by atoms with Crippen molar-refractivity contribution in [1.29, 1.82) is 0 Å². The van der Waals surface area contributed by atoms with Gasteiger partial charge in [0.15, 0.2) is 0 Å². The average Bonchev–Trinajstić information content (AvgIpc) is 2.64. The third kappa shape index (κ3) is 4.43. The number of hydrogen-bond acceptors (Lipinski definition) is 3. The molecular formula is C20H20Cl2N2O3. The van der Waals surface area contributed by atoms with Gasteiger partial charge in [-0.25, -0.2) is 4.79 Å². The van der Waals surface area contributed by atoms with Crippen LogP contribution in [0.4, 0.5) is 0 Å². The fraction of sp³-hybridized carbons (Fsp3) is 0.300. The summed E-state index contributed by atoms with van der Waals surface area (Å²) in [5.41, 5.74) is 2.02. The van der Waals surface area contributed by atoms with E-state index in [1.165, 1.54) is 11.8 Å². The molecular weight excluding hydrogens is 387 g/mol. The van der Waals surface area contributed by atoms with Crippen molar-refractivity contribution in [3.63, 3.8) is 0 Å². The highest BCUT2D eigenvalue weighted by atomic mass is 35.5. The Balaban J connectivity index is 1.90. The molecule has 2 aromatic rings. The molecule has 5 nitrogen and oxygen atoms in total. The minimum atomic E-state index is -0.997. The molecule has 0 aromatic heterocycles. The first-order valence-corrected chi connectivity index (χ1v) is 9.39. The molecule has 0 aliphatic carbocycles. The van der Waals surface area contributed by atoms with E-state index in [2.05, 4.69) is 4.90 Å². The number of carboxylic acids is 1. The maximum absolute atomic E-state index is 12.6. The molecule has 1 aliphatic heterocycles. The first kappa shape index (κ1) is 19.7. The molecule has 0 saturated carbocycles. The van der Waals surface area contributed by atoms with E-state index in [4.69, 9.17) is 23.2 Å². The zero-order valence-electron chi connectivity index (χ0n) is 14.8. The van der Waals surface area contributed by atoms with E-state index in [1.807, 2.05) is 48.5 Å². The first-order chi connectivity index (χ1) is 12.9. The Morgan fingerprint density at radius 1 is 0.963 bits per heavy atom. The molecule has 1 N–H and O–H groups in total. The third-order valence-corrected chi connectivity index (χ3v) is 5.35. The highest BCUT2D eigenvalue weighted by Crippen LogP contribution is 2.31. The largest absolute Gasteiger partial charge is 0.480 e. The number of carboxylic acid groups (broad SMARTS) is 1. The molecule has 0 radical (unpaired) electrons. The van der Waals surface area contributed by atoms with Crippen LogP contribution in [0.1, 0.15) is 24.1 Å². The van der Waals surface area contributed by atoms with Crippen molar-refractivity contribution < 1.29 is 14.7 Å². The molecule has 1 amide bonds. The molecule has 7 heteroatoms. The van der Waals surface area contributed by atoms with Gasteiger partial charge in [-0.15, -0.1) is 0 Å². The Labute approximate surface area is 168 Å². The second kappa shape index (κ2) is 8.30. The summed E-state index contributed by atoms with van der Waals surface area (Å²) in [5, 5.41) is 10.5. The lowest BCUT2D eigenvalue weighted by Crippen LogP contribution is -2.55. The van der Waals surface area contributed by atoms with Crippen LogP contribution in [-0.2, 0) is 9.59 Å². The van der Waals surface area contributed by atoms with Gasteiger partial charge in [0.25, 0.3) is 0 Å². The fourth-order valence-electron chi connectivity index (χ4n) is 3.37. The van der Waals surface area contributed by atoms with Gasteiger partial charge in [-0.2, -0.15) is 0 Å². The number of nitrogens with zero attached hydrogens (tertiary/aromatic N) is 2. The van der Waals surface area contributed by atoms with E-state index in [-0.39, 0.29) is 18.5 Å². The Bertz CT molecular complexity index is 779. The van der Waals surface area contributed by atoms with Crippen molar-refractivity contribution >= 4 is 35.1 Å². The molecule has 1 saturated heterocycles. The topological polar surface area (TPSA) is 60.9 Å². The minimum Gasteiger partial charge on any atom is -0.480 e. The normalized spacial score (nSPS) is 16.6. The van der Waals surface area contributed by atoms with Crippen LogP contribution in [-0.4, -0.2) is 52.5 Å². The van der Waals surface area contributed by atoms with Crippen LogP contribution in [0, 0.1) is 0 Å². The second-order valence-electron chi connectivity index (χ2n) is 6.58. The van der Waals surface area contributed by atoms with E-state index in [9.17, 15) is 14.7 Å². The van der Waals surface area contributed by atoms with Gasteiger partial charge in [0, 0.05) is 23.1 Å². The molecule has 1 aliphatic rings. The summed E-state index contributed by atoms with van der Waals surface area (Å²) in [4.78, 5) is 27.3. The van der Waals surface area contributed by atoms with Gasteiger partial charge >= 0.3 is 5.97 Å². The number of benzene rings is 2. The predicted molar refractivity (Wildman–Crippen MR) is 105 cm³/mol. The third-order valence-electron chi connectivity index (χ3n) is 4.85. The van der Waals surface area contributed by atoms with Gasteiger partial charge in [0.05, 0.1) is 12.6 Å². The van der Waals surface area contributed by atoms with E-state index in [1.54, 1.807) is 0 Å². The minimum absolute atomic E-state index is 0.146. The number of amides is 1. The monoisotopic (exact) mass is 406 g/mol. The SMILES string of the molecule is CC(C(=O)O)N1CCN(C(c2ccc(Cl)cc2)c2ccc(Cl)cc2)CC1=O. The molecule has 1 heterocycles. The van der Waals surface area contributed by atoms with Crippen LogP contribution >= 0.6 is 23.2 Å². The van der Waals surface area contributed by atoms with Crippen molar-refractivity contribution in [2.24, 2.45) is 0 Å². The van der Waals surface area contributed by atoms with E-state index in [0.29, 0.717) is 23.1 Å². The van der Waals surface area contributed by atoms with Crippen LogP contribution < -0.4 is 0 Å². The zero-order chi connectivity index (χ0) is 19.6. The van der Waals surface area contributed by atoms with Crippen LogP contribution in [0.2, 0.25) is 10.0 Å². The lowest BCUT2D eigenvalue weighted by atomic mass is 9.96. The van der Waals surface area contributed by atoms with Crippen molar-refractivity contribution in [1.82, 2.24) is 9.80 Å². The fourth-order valence-corrected chi connectivity index (χ4v) is 3.62. The average molecular weight is 407 g/mol. The van der Waals surface area contributed by atoms with Crippen molar-refractivity contribution in [2.75, 3.05) is 19.6 Å². The predicted octanol–water partition coefficient (Wildman–Crippen LogP) is 3.70. The zero-order valence-corrected chi connectivity index (χ0v) is 16.3. The smallest absolute Gasteiger partial charge is 0.326 e. The van der Waals surface area contributed by atoms with Crippen molar-refractivity contribution in [3.05, 3.63) is 69.7 Å². The molecule has 3 rings (SSSR count). The highest BCUT2D eigenvalue weighted by Gasteiger charge is 2.34. The molecule has 142 valence electrons. The van der Waals surface area contributed by atoms with Gasteiger partial charge in [-0.3, -0.25) is 9.69 Å². The van der Waals surface area contributed by atoms with Gasteiger partial charge < -0.3 is 10.0 Å². The van der Waals surface area contributed by atoms with E-state index < -0.39 is 12.0 Å². The van der Waals surface area contributed by atoms with Crippen molar-refractivity contribution in [2.45, 2.75) is 19.0 Å². The number of carbonyl (C=O) groups is 2. The molecule has 2 aromatic carbocycles. The van der Waals surface area contributed by atoms with Crippen LogP contribution in [0.5, 0.6) is 0 Å². The first-order valence-electron chi connectivity index (χ1n) is 8.64. The lowest BCUT2D eigenvalue weighted by molar-refractivity contribution is -0.152. The Morgan fingerprint density at radius 3 is 1.85 bits per heavy atom. The Morgan fingerprint density at radius 2 is 1.44 bits per heavy atom. The molecule has 27 heavy (non-hydrogen) atoms. The van der Waals surface area contributed by atoms with Gasteiger partial charge in [-0.05, 0) is 42.3 Å². The van der Waals surface area contributed by atoms with Gasteiger partial charge in [-0.1, -0.05) is 47.5 Å². The number of hydrogen-bond donors (Lipinski definition) is 1. The highest BCUT2D eigenvalue weighted by molar-refractivity contribution is 6.30. The second-order valence-corrected chi connectivity index (χ2v) is 7.45. The van der Waals surface area contributed by atoms with E-state index >= 15 is 0 Å². The number of piperazine rings is 1. The number of rotatable bonds is 5. The molecule has 1 atom stereocenters. The maximum Gasteiger partial charge on any atom is 0.326 e. The maximum atomic E-state index is 12.6. The molecule has 0 bridgehead atoms. The van der Waals surface area contributed by atoms with Crippen LogP contribution in [0.25, 0.3) is 0 Å². The Kier molecular flexibility index (Phi) is 6.05. The number of aliphatic carboxylic acids is 1.